The predicted octanol–water partition coefficient (Wildman–Crippen LogP) is -3.16. The number of halogens is 1. The van der Waals surface area contributed by atoms with E-state index in [2.05, 4.69) is 19.6 Å². The Bertz CT molecular complexity index is 87.7. The van der Waals surface area contributed by atoms with Gasteiger partial charge in [0.15, 0.2) is 0 Å². The summed E-state index contributed by atoms with van der Waals surface area (Å²) in [5.74, 6) is 2.00. The number of rotatable bonds is 2. The van der Waals surface area contributed by atoms with Gasteiger partial charge >= 0.3 is 0 Å². The Morgan fingerprint density at radius 1 is 1.60 bits per heavy atom. The topological polar surface area (TPSA) is 4.44 Å². The lowest BCUT2D eigenvalue weighted by atomic mass is 10.2. The second-order valence-electron chi connectivity index (χ2n) is 3.07. The molecule has 1 aliphatic rings. The molecule has 2 unspecified atom stereocenters. The summed E-state index contributed by atoms with van der Waals surface area (Å²) < 4.78 is 0. The highest BCUT2D eigenvalue weighted by Crippen LogP contribution is 2.00. The van der Waals surface area contributed by atoms with Crippen molar-refractivity contribution in [1.29, 1.82) is 0 Å². The first-order valence-electron chi connectivity index (χ1n) is 3.77. The van der Waals surface area contributed by atoms with Crippen LogP contribution in [-0.2, 0) is 0 Å². The van der Waals surface area contributed by atoms with Crippen molar-refractivity contribution < 1.29 is 21.9 Å². The molecule has 1 fully saturated rings. The molecule has 0 aromatic rings. The maximum absolute atomic E-state index is 4.20. The number of nitrogens with one attached hydrogen (secondary N) is 1. The van der Waals surface area contributed by atoms with Gasteiger partial charge in [0.1, 0.15) is 0 Å². The van der Waals surface area contributed by atoms with Gasteiger partial charge in [-0.15, -0.1) is 0 Å². The Kier molecular flexibility index (Phi) is 5.87. The summed E-state index contributed by atoms with van der Waals surface area (Å²) >= 11 is 4.20. The van der Waals surface area contributed by atoms with E-state index in [9.17, 15) is 0 Å². The highest BCUT2D eigenvalue weighted by Gasteiger charge is 2.20. The first-order valence-corrected chi connectivity index (χ1v) is 4.40. The minimum Gasteiger partial charge on any atom is -1.00 e. The zero-order valence-corrected chi connectivity index (χ0v) is 8.92. The van der Waals surface area contributed by atoms with E-state index in [4.69, 9.17) is 0 Å². The van der Waals surface area contributed by atoms with Crippen molar-refractivity contribution >= 4 is 12.6 Å². The molecular formula is C7H16BrNS. The van der Waals surface area contributed by atoms with Crippen LogP contribution in [0.1, 0.15) is 13.3 Å². The van der Waals surface area contributed by atoms with Gasteiger partial charge in [-0.3, -0.25) is 0 Å². The molecule has 1 rings (SSSR count). The van der Waals surface area contributed by atoms with Gasteiger partial charge in [-0.2, -0.15) is 12.6 Å². The largest absolute Gasteiger partial charge is 1.00 e. The summed E-state index contributed by atoms with van der Waals surface area (Å²) in [6.45, 7) is 6.35. The van der Waals surface area contributed by atoms with Crippen LogP contribution in [0.4, 0.5) is 0 Å². The van der Waals surface area contributed by atoms with E-state index < -0.39 is 0 Å². The van der Waals surface area contributed by atoms with Gasteiger partial charge in [-0.1, -0.05) is 6.92 Å². The van der Waals surface area contributed by atoms with Crippen LogP contribution < -0.4 is 21.9 Å². The number of hydrogen-bond donors (Lipinski definition) is 2. The van der Waals surface area contributed by atoms with Gasteiger partial charge in [0.05, 0.1) is 19.6 Å². The summed E-state index contributed by atoms with van der Waals surface area (Å²) in [5.41, 5.74) is 0. The third-order valence-electron chi connectivity index (χ3n) is 2.09. The minimum atomic E-state index is 0. The van der Waals surface area contributed by atoms with Crippen LogP contribution in [0.2, 0.25) is 0 Å². The van der Waals surface area contributed by atoms with Crippen LogP contribution in [0.3, 0.4) is 0 Å². The highest BCUT2D eigenvalue weighted by atomic mass is 79.9. The fourth-order valence-corrected chi connectivity index (χ4v) is 1.85. The van der Waals surface area contributed by atoms with Gasteiger partial charge in [-0.05, 0) is 0 Å². The highest BCUT2D eigenvalue weighted by molar-refractivity contribution is 7.80. The fourth-order valence-electron chi connectivity index (χ4n) is 1.53. The molecule has 10 heavy (non-hydrogen) atoms. The van der Waals surface area contributed by atoms with Crippen LogP contribution >= 0.6 is 12.6 Å². The molecule has 1 N–H and O–H groups in total. The molecular weight excluding hydrogens is 210 g/mol. The zero-order valence-electron chi connectivity index (χ0n) is 6.44. The van der Waals surface area contributed by atoms with Crippen molar-refractivity contribution in [3.63, 3.8) is 0 Å². The molecule has 0 saturated carbocycles. The molecule has 0 aliphatic carbocycles. The second-order valence-corrected chi connectivity index (χ2v) is 3.52. The monoisotopic (exact) mass is 225 g/mol. The smallest absolute Gasteiger partial charge is 0.0860 e. The van der Waals surface area contributed by atoms with Crippen LogP contribution in [0, 0.1) is 5.92 Å². The SMILES string of the molecule is CC1CC[NH+](CCS)C1.[Br-]. The van der Waals surface area contributed by atoms with E-state index in [-0.39, 0.29) is 17.0 Å². The molecule has 0 aromatic carbocycles. The maximum atomic E-state index is 4.20. The summed E-state index contributed by atoms with van der Waals surface area (Å²) in [6.07, 6.45) is 1.42. The van der Waals surface area contributed by atoms with Crippen molar-refractivity contribution in [2.75, 3.05) is 25.4 Å². The van der Waals surface area contributed by atoms with E-state index in [1.54, 1.807) is 4.90 Å². The molecule has 0 aromatic heterocycles. The molecule has 1 heterocycles. The molecule has 1 nitrogen and oxygen atoms in total. The van der Waals surface area contributed by atoms with Crippen LogP contribution in [0.25, 0.3) is 0 Å². The molecule has 0 amide bonds. The first-order chi connectivity index (χ1) is 4.33. The van der Waals surface area contributed by atoms with Gasteiger partial charge in [0, 0.05) is 18.1 Å². The first kappa shape index (κ1) is 10.8. The Morgan fingerprint density at radius 3 is 2.70 bits per heavy atom. The predicted molar refractivity (Wildman–Crippen MR) is 43.2 cm³/mol. The number of quaternary nitrogens is 1. The van der Waals surface area contributed by atoms with Crippen molar-refractivity contribution in [1.82, 2.24) is 0 Å². The number of hydrogen-bond acceptors (Lipinski definition) is 1. The Balaban J connectivity index is 0.000000810. The third-order valence-corrected chi connectivity index (χ3v) is 2.32. The molecule has 2 atom stereocenters. The Morgan fingerprint density at radius 2 is 2.30 bits per heavy atom. The molecule has 0 radical (unpaired) electrons. The quantitative estimate of drug-likeness (QED) is 0.458. The minimum absolute atomic E-state index is 0. The molecule has 0 spiro atoms. The fraction of sp³-hybridized carbons (Fsp3) is 1.00. The number of thiol groups is 1. The lowest BCUT2D eigenvalue weighted by Crippen LogP contribution is -3.10. The van der Waals surface area contributed by atoms with Gasteiger partial charge in [-0.25, -0.2) is 0 Å². The lowest BCUT2D eigenvalue weighted by molar-refractivity contribution is -0.886. The standard InChI is InChI=1S/C7H15NS.BrH/c1-7-2-3-8(6-7)4-5-9;/h7,9H,2-6H2,1H3;1H. The average molecular weight is 226 g/mol. The molecule has 0 bridgehead atoms. The maximum Gasteiger partial charge on any atom is 0.0860 e. The summed E-state index contributed by atoms with van der Waals surface area (Å²) in [5, 5.41) is 0. The lowest BCUT2D eigenvalue weighted by Gasteiger charge is -2.09. The van der Waals surface area contributed by atoms with Crippen molar-refractivity contribution in [3.8, 4) is 0 Å². The average Bonchev–Trinajstić information content (AvgIpc) is 2.17. The summed E-state index contributed by atoms with van der Waals surface area (Å²) in [4.78, 5) is 1.75. The van der Waals surface area contributed by atoms with E-state index in [0.29, 0.717) is 0 Å². The summed E-state index contributed by atoms with van der Waals surface area (Å²) in [6, 6.07) is 0. The van der Waals surface area contributed by atoms with Crippen LogP contribution in [0.5, 0.6) is 0 Å². The molecule has 62 valence electrons. The van der Waals surface area contributed by atoms with Crippen LogP contribution in [-0.4, -0.2) is 25.4 Å². The summed E-state index contributed by atoms with van der Waals surface area (Å²) in [7, 11) is 0. The molecule has 1 aliphatic heterocycles. The van der Waals surface area contributed by atoms with Gasteiger partial charge < -0.3 is 21.9 Å². The Labute approximate surface area is 79.4 Å². The van der Waals surface area contributed by atoms with E-state index in [1.807, 2.05) is 0 Å². The van der Waals surface area contributed by atoms with Gasteiger partial charge in [0.25, 0.3) is 0 Å². The second kappa shape index (κ2) is 5.44. The Hall–Kier alpha value is 0.790. The van der Waals surface area contributed by atoms with Gasteiger partial charge in [0.2, 0.25) is 0 Å². The van der Waals surface area contributed by atoms with Crippen molar-refractivity contribution in [3.05, 3.63) is 0 Å². The normalized spacial score (nSPS) is 31.8. The number of likely N-dealkylation sites (tertiary alicyclic amines) is 1. The third kappa shape index (κ3) is 3.26. The van der Waals surface area contributed by atoms with E-state index >= 15 is 0 Å². The molecule has 3 heteroatoms. The van der Waals surface area contributed by atoms with E-state index in [1.165, 1.54) is 26.1 Å². The van der Waals surface area contributed by atoms with E-state index in [0.717, 1.165) is 11.7 Å². The van der Waals surface area contributed by atoms with Crippen molar-refractivity contribution in [2.24, 2.45) is 5.92 Å². The zero-order chi connectivity index (χ0) is 6.69. The van der Waals surface area contributed by atoms with Crippen molar-refractivity contribution in [2.45, 2.75) is 13.3 Å². The van der Waals surface area contributed by atoms with Crippen LogP contribution in [0.15, 0.2) is 0 Å². The molecule has 1 saturated heterocycles.